The van der Waals surface area contributed by atoms with Crippen LogP contribution in [0.5, 0.6) is 0 Å². The molecule has 2 heterocycles. The van der Waals surface area contributed by atoms with Crippen molar-refractivity contribution in [3.05, 3.63) is 95.9 Å². The molecule has 5 rings (SSSR count). The van der Waals surface area contributed by atoms with Crippen LogP contribution in [0.1, 0.15) is 23.1 Å². The lowest BCUT2D eigenvalue weighted by atomic mass is 10.1. The number of aliphatic hydroxyl groups excluding tert-OH is 1. The van der Waals surface area contributed by atoms with Gasteiger partial charge in [-0.3, -0.25) is 9.54 Å². The number of rotatable bonds is 5. The number of nitrogens with zero attached hydrogens (tertiary/aromatic N) is 5. The van der Waals surface area contributed by atoms with Crippen LogP contribution < -0.4 is 4.31 Å². The van der Waals surface area contributed by atoms with Crippen LogP contribution in [-0.4, -0.2) is 28.4 Å². The molecule has 34 heavy (non-hydrogen) atoms. The Hall–Kier alpha value is -4.10. The molecule has 2 atom stereocenters. The molecule has 0 bridgehead atoms. The summed E-state index contributed by atoms with van der Waals surface area (Å²) < 4.78 is 25.7. The number of fused-ring (bicyclic) bond motifs is 2. The summed E-state index contributed by atoms with van der Waals surface area (Å²) in [7, 11) is 1.79. The fourth-order valence-corrected chi connectivity index (χ4v) is 4.68. The van der Waals surface area contributed by atoms with Crippen LogP contribution in [0, 0.1) is 11.3 Å². The second-order valence-electron chi connectivity index (χ2n) is 7.72. The molecule has 168 valence electrons. The van der Waals surface area contributed by atoms with Crippen molar-refractivity contribution in [2.75, 3.05) is 4.31 Å². The van der Waals surface area contributed by atoms with Crippen molar-refractivity contribution < 1.29 is 13.9 Å². The number of aromatic nitrogens is 3. The lowest BCUT2D eigenvalue weighted by Crippen LogP contribution is -2.19. The minimum absolute atomic E-state index is 0.394. The number of nitriles is 1. The average molecular weight is 470 g/mol. The smallest absolute Gasteiger partial charge is 0.266 e. The van der Waals surface area contributed by atoms with Gasteiger partial charge in [0.25, 0.3) is 11.3 Å². The molecule has 0 saturated carbocycles. The Balaban J connectivity index is 1.61. The zero-order chi connectivity index (χ0) is 23.8. The SMILES string of the molecule is Cn1c(C(O)c2cccc(C#N)c2)nc2cc(N(c3cccc4cccnc34)S(=O)O)ccc21. The van der Waals surface area contributed by atoms with Crippen molar-refractivity contribution in [3.8, 4) is 6.07 Å². The van der Waals surface area contributed by atoms with Gasteiger partial charge in [0, 0.05) is 18.6 Å². The van der Waals surface area contributed by atoms with Gasteiger partial charge in [0.1, 0.15) is 11.9 Å². The minimum atomic E-state index is -2.37. The highest BCUT2D eigenvalue weighted by Crippen LogP contribution is 2.34. The van der Waals surface area contributed by atoms with Gasteiger partial charge < -0.3 is 9.67 Å². The Kier molecular flexibility index (Phi) is 5.55. The molecule has 2 unspecified atom stereocenters. The molecule has 0 fully saturated rings. The maximum Gasteiger partial charge on any atom is 0.266 e. The van der Waals surface area contributed by atoms with E-state index in [-0.39, 0.29) is 0 Å². The van der Waals surface area contributed by atoms with E-state index in [9.17, 15) is 13.9 Å². The van der Waals surface area contributed by atoms with Gasteiger partial charge in [-0.2, -0.15) is 5.26 Å². The van der Waals surface area contributed by atoms with Crippen LogP contribution >= 0.6 is 0 Å². The molecule has 9 heteroatoms. The maximum absolute atomic E-state index is 12.4. The van der Waals surface area contributed by atoms with Gasteiger partial charge in [0.2, 0.25) is 0 Å². The number of hydrogen-bond donors (Lipinski definition) is 2. The molecule has 3 aromatic carbocycles. The lowest BCUT2D eigenvalue weighted by Gasteiger charge is -2.21. The van der Waals surface area contributed by atoms with Crippen molar-refractivity contribution in [1.82, 2.24) is 14.5 Å². The van der Waals surface area contributed by atoms with E-state index in [4.69, 9.17) is 5.26 Å². The van der Waals surface area contributed by atoms with Crippen LogP contribution in [0.2, 0.25) is 0 Å². The summed E-state index contributed by atoms with van der Waals surface area (Å²) in [6.07, 6.45) is 0.598. The van der Waals surface area contributed by atoms with Crippen molar-refractivity contribution in [2.24, 2.45) is 7.05 Å². The first-order valence-corrected chi connectivity index (χ1v) is 11.4. The van der Waals surface area contributed by atoms with E-state index in [1.54, 1.807) is 66.3 Å². The van der Waals surface area contributed by atoms with Crippen LogP contribution in [0.25, 0.3) is 21.9 Å². The molecule has 5 aromatic rings. The summed E-state index contributed by atoms with van der Waals surface area (Å²) >= 11 is -2.37. The predicted molar refractivity (Wildman–Crippen MR) is 131 cm³/mol. The number of pyridine rings is 1. The first kappa shape index (κ1) is 21.7. The number of aryl methyl sites for hydroxylation is 1. The minimum Gasteiger partial charge on any atom is -0.380 e. The average Bonchev–Trinajstić information content (AvgIpc) is 3.19. The van der Waals surface area contributed by atoms with Gasteiger partial charge in [-0.1, -0.05) is 30.3 Å². The Labute approximate surface area is 197 Å². The quantitative estimate of drug-likeness (QED) is 0.370. The molecule has 2 aromatic heterocycles. The van der Waals surface area contributed by atoms with Gasteiger partial charge in [-0.25, -0.2) is 13.5 Å². The number of para-hydroxylation sites is 1. The molecule has 0 amide bonds. The first-order valence-electron chi connectivity index (χ1n) is 10.4. The molecule has 0 spiro atoms. The summed E-state index contributed by atoms with van der Waals surface area (Å²) in [6, 6.07) is 23.2. The summed E-state index contributed by atoms with van der Waals surface area (Å²) in [5, 5.41) is 21.0. The standard InChI is InChI=1S/C25H19N5O3S/c1-29-21-11-10-19(30(34(32)33)22-9-3-6-17-8-4-12-27-23(17)22)14-20(21)28-25(29)24(31)18-7-2-5-16(13-18)15-26/h2-14,24,31H,1H3,(H,32,33). The molecule has 0 aliphatic carbocycles. The van der Waals surface area contributed by atoms with Gasteiger partial charge in [0.15, 0.2) is 0 Å². The monoisotopic (exact) mass is 469 g/mol. The largest absolute Gasteiger partial charge is 0.380 e. The van der Waals surface area contributed by atoms with Gasteiger partial charge in [0.05, 0.1) is 39.6 Å². The van der Waals surface area contributed by atoms with Crippen molar-refractivity contribution in [3.63, 3.8) is 0 Å². The molecule has 0 aliphatic heterocycles. The summed E-state index contributed by atoms with van der Waals surface area (Å²) in [5.74, 6) is 0.394. The van der Waals surface area contributed by atoms with Crippen molar-refractivity contribution >= 4 is 44.6 Å². The molecule has 0 aliphatic rings. The Morgan fingerprint density at radius 1 is 1.09 bits per heavy atom. The van der Waals surface area contributed by atoms with E-state index in [0.29, 0.717) is 39.4 Å². The summed E-state index contributed by atoms with van der Waals surface area (Å²) in [5.41, 5.74) is 3.84. The van der Waals surface area contributed by atoms with Crippen LogP contribution in [0.3, 0.4) is 0 Å². The fraction of sp³-hybridized carbons (Fsp3) is 0.0800. The summed E-state index contributed by atoms with van der Waals surface area (Å²) in [4.78, 5) is 9.01. The number of imidazole rings is 1. The van der Waals surface area contributed by atoms with E-state index < -0.39 is 17.4 Å². The highest BCUT2D eigenvalue weighted by Gasteiger charge is 2.22. The second-order valence-corrected chi connectivity index (χ2v) is 8.55. The lowest BCUT2D eigenvalue weighted by molar-refractivity contribution is 0.207. The van der Waals surface area contributed by atoms with Crippen LogP contribution in [0.4, 0.5) is 11.4 Å². The molecule has 0 saturated heterocycles. The highest BCUT2D eigenvalue weighted by atomic mass is 32.2. The van der Waals surface area contributed by atoms with E-state index in [0.717, 1.165) is 10.9 Å². The van der Waals surface area contributed by atoms with E-state index >= 15 is 0 Å². The molecule has 0 radical (unpaired) electrons. The number of aliphatic hydroxyl groups is 1. The third kappa shape index (κ3) is 3.70. The van der Waals surface area contributed by atoms with E-state index in [1.807, 2.05) is 24.3 Å². The molecule has 2 N–H and O–H groups in total. The highest BCUT2D eigenvalue weighted by molar-refractivity contribution is 7.81. The third-order valence-electron chi connectivity index (χ3n) is 5.70. The van der Waals surface area contributed by atoms with Crippen LogP contribution in [-0.2, 0) is 18.3 Å². The zero-order valence-electron chi connectivity index (χ0n) is 18.0. The van der Waals surface area contributed by atoms with Crippen LogP contribution in [0.15, 0.2) is 79.0 Å². The fourth-order valence-electron chi connectivity index (χ4n) is 4.07. The van der Waals surface area contributed by atoms with E-state index in [2.05, 4.69) is 16.0 Å². The number of anilines is 2. The first-order chi connectivity index (χ1) is 16.5. The molecule has 8 nitrogen and oxygen atoms in total. The molecular weight excluding hydrogens is 450 g/mol. The number of hydrogen-bond acceptors (Lipinski definition) is 5. The predicted octanol–water partition coefficient (Wildman–Crippen LogP) is 4.35. The van der Waals surface area contributed by atoms with Gasteiger partial charge >= 0.3 is 0 Å². The summed E-state index contributed by atoms with van der Waals surface area (Å²) in [6.45, 7) is 0. The molecular formula is C25H19N5O3S. The maximum atomic E-state index is 12.4. The van der Waals surface area contributed by atoms with Gasteiger partial charge in [-0.05, 0) is 48.0 Å². The normalized spacial score (nSPS) is 13.0. The van der Waals surface area contributed by atoms with Crippen molar-refractivity contribution in [1.29, 1.82) is 5.26 Å². The second kappa shape index (κ2) is 8.68. The van der Waals surface area contributed by atoms with Gasteiger partial charge in [-0.15, -0.1) is 0 Å². The van der Waals surface area contributed by atoms with E-state index in [1.165, 1.54) is 4.31 Å². The third-order valence-corrected chi connectivity index (χ3v) is 6.42. The topological polar surface area (TPSA) is 115 Å². The Morgan fingerprint density at radius 2 is 1.88 bits per heavy atom. The number of benzene rings is 3. The zero-order valence-corrected chi connectivity index (χ0v) is 18.8. The Morgan fingerprint density at radius 3 is 2.68 bits per heavy atom. The van der Waals surface area contributed by atoms with Crippen molar-refractivity contribution in [2.45, 2.75) is 6.10 Å². The Bertz CT molecular complexity index is 1600.